The van der Waals surface area contributed by atoms with Crippen LogP contribution in [0.5, 0.6) is 0 Å². The zero-order chi connectivity index (χ0) is 9.57. The van der Waals surface area contributed by atoms with E-state index in [0.29, 0.717) is 26.3 Å². The number of ether oxygens (including phenoxy) is 1. The molecule has 4 nitrogen and oxygen atoms in total. The highest BCUT2D eigenvalue weighted by Crippen LogP contribution is 2.18. The highest BCUT2D eigenvalue weighted by Gasteiger charge is 2.28. The van der Waals surface area contributed by atoms with Crippen LogP contribution in [0.2, 0.25) is 0 Å². The highest BCUT2D eigenvalue weighted by atomic mass is 16.5. The van der Waals surface area contributed by atoms with Gasteiger partial charge in [0, 0.05) is 32.6 Å². The molecule has 0 spiro atoms. The van der Waals surface area contributed by atoms with Crippen LogP contribution >= 0.6 is 0 Å². The predicted molar refractivity (Wildman–Crippen MR) is 51.5 cm³/mol. The number of hydrogen-bond acceptors (Lipinski definition) is 4. The van der Waals surface area contributed by atoms with E-state index in [1.54, 1.807) is 0 Å². The molecule has 0 aromatic carbocycles. The lowest BCUT2D eigenvalue weighted by molar-refractivity contribution is -0.0614. The minimum Gasteiger partial charge on any atom is -0.388 e. The van der Waals surface area contributed by atoms with Crippen molar-refractivity contribution in [1.82, 2.24) is 5.32 Å². The third-order valence-corrected chi connectivity index (χ3v) is 2.44. The molecule has 0 bridgehead atoms. The van der Waals surface area contributed by atoms with Gasteiger partial charge in [-0.15, -0.1) is 0 Å². The second kappa shape index (κ2) is 5.54. The van der Waals surface area contributed by atoms with E-state index in [4.69, 9.17) is 10.5 Å². The van der Waals surface area contributed by atoms with Crippen molar-refractivity contribution in [3.05, 3.63) is 0 Å². The van der Waals surface area contributed by atoms with Crippen LogP contribution in [0.3, 0.4) is 0 Å². The number of nitrogens with two attached hydrogens (primary N) is 1. The molecule has 0 atom stereocenters. The molecule has 1 aliphatic rings. The third kappa shape index (κ3) is 4.04. The molecular formula is C9H20N2O2. The molecule has 0 aliphatic carbocycles. The fourth-order valence-corrected chi connectivity index (χ4v) is 1.48. The molecule has 1 rings (SSSR count). The summed E-state index contributed by atoms with van der Waals surface area (Å²) >= 11 is 0. The van der Waals surface area contributed by atoms with Crippen molar-refractivity contribution in [3.63, 3.8) is 0 Å². The van der Waals surface area contributed by atoms with Crippen LogP contribution in [-0.4, -0.2) is 43.6 Å². The zero-order valence-electron chi connectivity index (χ0n) is 8.09. The van der Waals surface area contributed by atoms with Crippen LogP contribution in [-0.2, 0) is 4.74 Å². The standard InChI is InChI=1S/C9H20N2O2/c10-4-1-5-11-8-9(12)2-6-13-7-3-9/h11-12H,1-8,10H2. The second-order valence-corrected chi connectivity index (χ2v) is 3.66. The van der Waals surface area contributed by atoms with Crippen molar-refractivity contribution in [3.8, 4) is 0 Å². The zero-order valence-corrected chi connectivity index (χ0v) is 8.09. The van der Waals surface area contributed by atoms with E-state index in [1.165, 1.54) is 0 Å². The Morgan fingerprint density at radius 1 is 1.38 bits per heavy atom. The Balaban J connectivity index is 2.10. The normalized spacial score (nSPS) is 21.7. The van der Waals surface area contributed by atoms with E-state index in [-0.39, 0.29) is 0 Å². The number of hydrogen-bond donors (Lipinski definition) is 3. The van der Waals surface area contributed by atoms with E-state index >= 15 is 0 Å². The van der Waals surface area contributed by atoms with Crippen LogP contribution in [0, 0.1) is 0 Å². The van der Waals surface area contributed by atoms with E-state index in [1.807, 2.05) is 0 Å². The molecule has 1 fully saturated rings. The molecule has 78 valence electrons. The Hall–Kier alpha value is -0.160. The second-order valence-electron chi connectivity index (χ2n) is 3.66. The average molecular weight is 188 g/mol. The van der Waals surface area contributed by atoms with Crippen molar-refractivity contribution in [2.75, 3.05) is 32.8 Å². The Morgan fingerprint density at radius 3 is 2.69 bits per heavy atom. The Bertz CT molecular complexity index is 136. The Labute approximate surface area is 79.5 Å². The smallest absolute Gasteiger partial charge is 0.0815 e. The SMILES string of the molecule is NCCCNCC1(O)CCOCC1. The van der Waals surface area contributed by atoms with Gasteiger partial charge in [-0.2, -0.15) is 0 Å². The maximum Gasteiger partial charge on any atom is 0.0815 e. The highest BCUT2D eigenvalue weighted by molar-refractivity contribution is 4.83. The van der Waals surface area contributed by atoms with Gasteiger partial charge in [0.1, 0.15) is 0 Å². The molecule has 0 radical (unpaired) electrons. The maximum absolute atomic E-state index is 10.00. The van der Waals surface area contributed by atoms with Gasteiger partial charge in [0.05, 0.1) is 5.60 Å². The largest absolute Gasteiger partial charge is 0.388 e. The molecule has 0 aromatic rings. The maximum atomic E-state index is 10.00. The molecular weight excluding hydrogens is 168 g/mol. The first-order valence-corrected chi connectivity index (χ1v) is 4.98. The lowest BCUT2D eigenvalue weighted by Crippen LogP contribution is -2.45. The van der Waals surface area contributed by atoms with E-state index < -0.39 is 5.60 Å². The summed E-state index contributed by atoms with van der Waals surface area (Å²) in [5.41, 5.74) is 4.81. The first-order valence-electron chi connectivity index (χ1n) is 4.98. The Kier molecular flexibility index (Phi) is 4.66. The fraction of sp³-hybridized carbons (Fsp3) is 1.00. The Morgan fingerprint density at radius 2 is 2.08 bits per heavy atom. The van der Waals surface area contributed by atoms with Gasteiger partial charge in [-0.3, -0.25) is 0 Å². The molecule has 4 heteroatoms. The van der Waals surface area contributed by atoms with Crippen molar-refractivity contribution in [2.45, 2.75) is 24.9 Å². The molecule has 0 aromatic heterocycles. The van der Waals surface area contributed by atoms with Gasteiger partial charge in [-0.1, -0.05) is 0 Å². The molecule has 1 aliphatic heterocycles. The summed E-state index contributed by atoms with van der Waals surface area (Å²) < 4.78 is 5.18. The van der Waals surface area contributed by atoms with E-state index in [0.717, 1.165) is 25.8 Å². The summed E-state index contributed by atoms with van der Waals surface area (Å²) in [5, 5.41) is 13.2. The van der Waals surface area contributed by atoms with Crippen molar-refractivity contribution in [1.29, 1.82) is 0 Å². The van der Waals surface area contributed by atoms with Gasteiger partial charge in [-0.25, -0.2) is 0 Å². The van der Waals surface area contributed by atoms with Crippen LogP contribution in [0.15, 0.2) is 0 Å². The molecule has 0 amide bonds. The summed E-state index contributed by atoms with van der Waals surface area (Å²) in [5.74, 6) is 0. The quantitative estimate of drug-likeness (QED) is 0.507. The predicted octanol–water partition coefficient (Wildman–Crippen LogP) is -0.534. The topological polar surface area (TPSA) is 67.5 Å². The number of aliphatic hydroxyl groups is 1. The van der Waals surface area contributed by atoms with Crippen molar-refractivity contribution < 1.29 is 9.84 Å². The van der Waals surface area contributed by atoms with Crippen molar-refractivity contribution in [2.24, 2.45) is 5.73 Å². The van der Waals surface area contributed by atoms with Crippen LogP contribution in [0.25, 0.3) is 0 Å². The van der Waals surface area contributed by atoms with Gasteiger partial charge < -0.3 is 20.9 Å². The molecule has 1 heterocycles. The van der Waals surface area contributed by atoms with E-state index in [9.17, 15) is 5.11 Å². The van der Waals surface area contributed by atoms with Crippen LogP contribution < -0.4 is 11.1 Å². The van der Waals surface area contributed by atoms with Gasteiger partial charge >= 0.3 is 0 Å². The van der Waals surface area contributed by atoms with E-state index in [2.05, 4.69) is 5.32 Å². The van der Waals surface area contributed by atoms with Gasteiger partial charge in [0.2, 0.25) is 0 Å². The summed E-state index contributed by atoms with van der Waals surface area (Å²) in [4.78, 5) is 0. The first kappa shape index (κ1) is 10.9. The molecule has 13 heavy (non-hydrogen) atoms. The monoisotopic (exact) mass is 188 g/mol. The molecule has 4 N–H and O–H groups in total. The minimum atomic E-state index is -0.549. The van der Waals surface area contributed by atoms with Gasteiger partial charge in [0.25, 0.3) is 0 Å². The summed E-state index contributed by atoms with van der Waals surface area (Å²) in [6.07, 6.45) is 2.44. The van der Waals surface area contributed by atoms with Gasteiger partial charge in [0.15, 0.2) is 0 Å². The first-order chi connectivity index (χ1) is 6.27. The average Bonchev–Trinajstić information content (AvgIpc) is 2.14. The third-order valence-electron chi connectivity index (χ3n) is 2.44. The minimum absolute atomic E-state index is 0.549. The lowest BCUT2D eigenvalue weighted by atomic mass is 9.94. The molecule has 0 unspecified atom stereocenters. The number of nitrogens with one attached hydrogen (secondary N) is 1. The summed E-state index contributed by atoms with van der Waals surface area (Å²) in [6, 6.07) is 0. The van der Waals surface area contributed by atoms with Crippen LogP contribution in [0.1, 0.15) is 19.3 Å². The lowest BCUT2D eigenvalue weighted by Gasteiger charge is -2.32. The molecule has 1 saturated heterocycles. The number of rotatable bonds is 5. The summed E-state index contributed by atoms with van der Waals surface area (Å²) in [7, 11) is 0. The van der Waals surface area contributed by atoms with Gasteiger partial charge in [-0.05, 0) is 19.5 Å². The molecule has 0 saturated carbocycles. The van der Waals surface area contributed by atoms with Crippen molar-refractivity contribution >= 4 is 0 Å². The fourth-order valence-electron chi connectivity index (χ4n) is 1.48. The van der Waals surface area contributed by atoms with Crippen LogP contribution in [0.4, 0.5) is 0 Å². The summed E-state index contributed by atoms with van der Waals surface area (Å²) in [6.45, 7) is 3.61.